The molecule has 19 heavy (non-hydrogen) atoms. The number of phenolic OH excluding ortho intramolecular Hbond substituents is 1. The minimum absolute atomic E-state index is 0.0378. The van der Waals surface area contributed by atoms with Gasteiger partial charge in [-0.15, -0.1) is 0 Å². The summed E-state index contributed by atoms with van der Waals surface area (Å²) < 4.78 is 0. The van der Waals surface area contributed by atoms with E-state index < -0.39 is 17.9 Å². The molecule has 0 saturated heterocycles. The van der Waals surface area contributed by atoms with Gasteiger partial charge in [0.2, 0.25) is 11.8 Å². The van der Waals surface area contributed by atoms with E-state index in [1.165, 1.54) is 29.2 Å². The number of primary amides is 1. The Morgan fingerprint density at radius 3 is 2.32 bits per heavy atom. The minimum atomic E-state index is -1.06. The molecule has 0 heterocycles. The highest BCUT2D eigenvalue weighted by Gasteiger charge is 2.23. The van der Waals surface area contributed by atoms with Crippen molar-refractivity contribution in [3.05, 3.63) is 24.3 Å². The van der Waals surface area contributed by atoms with Gasteiger partial charge in [0.05, 0.1) is 19.1 Å². The summed E-state index contributed by atoms with van der Waals surface area (Å²) in [4.78, 5) is 24.1. The summed E-state index contributed by atoms with van der Waals surface area (Å²) in [6, 6.07) is 4.79. The Morgan fingerprint density at radius 1 is 1.26 bits per heavy atom. The maximum atomic E-state index is 12.1. The molecule has 1 atom stereocenters. The first kappa shape index (κ1) is 14.9. The van der Waals surface area contributed by atoms with Gasteiger partial charge >= 0.3 is 0 Å². The molecule has 7 heteroatoms. The van der Waals surface area contributed by atoms with Crippen LogP contribution in [0.5, 0.6) is 5.75 Å². The number of nitrogens with zero attached hydrogens (tertiary/aromatic N) is 1. The van der Waals surface area contributed by atoms with Gasteiger partial charge in [0.15, 0.2) is 0 Å². The molecule has 1 rings (SSSR count). The van der Waals surface area contributed by atoms with Crippen molar-refractivity contribution in [2.24, 2.45) is 11.5 Å². The summed E-state index contributed by atoms with van der Waals surface area (Å²) in [6.45, 7) is -0.216. The third-order valence-electron chi connectivity index (χ3n) is 2.49. The van der Waals surface area contributed by atoms with Crippen LogP contribution in [0.25, 0.3) is 0 Å². The van der Waals surface area contributed by atoms with Crippen molar-refractivity contribution >= 4 is 17.5 Å². The van der Waals surface area contributed by atoms with Crippen LogP contribution in [0.2, 0.25) is 0 Å². The third kappa shape index (κ3) is 4.23. The number of carbonyl (C=O) groups excluding carboxylic acids is 2. The number of hydrogen-bond acceptors (Lipinski definition) is 5. The second-order valence-corrected chi connectivity index (χ2v) is 4.01. The van der Waals surface area contributed by atoms with Crippen LogP contribution in [0.15, 0.2) is 24.3 Å². The number of benzene rings is 1. The highest BCUT2D eigenvalue weighted by Crippen LogP contribution is 2.19. The van der Waals surface area contributed by atoms with E-state index in [2.05, 4.69) is 0 Å². The van der Waals surface area contributed by atoms with E-state index in [4.69, 9.17) is 16.6 Å². The molecular formula is C12H17N3O4. The smallest absolute Gasteiger partial charge is 0.244 e. The molecule has 104 valence electrons. The first-order valence-corrected chi connectivity index (χ1v) is 5.71. The number of phenols is 1. The zero-order valence-corrected chi connectivity index (χ0v) is 10.3. The van der Waals surface area contributed by atoms with Gasteiger partial charge in [0, 0.05) is 12.2 Å². The lowest BCUT2D eigenvalue weighted by atomic mass is 10.1. The molecule has 0 aromatic heterocycles. The van der Waals surface area contributed by atoms with Crippen molar-refractivity contribution in [1.29, 1.82) is 0 Å². The quantitative estimate of drug-likeness (QED) is 0.521. The number of carbonyl (C=O) groups is 2. The molecule has 0 fully saturated rings. The van der Waals surface area contributed by atoms with Crippen molar-refractivity contribution in [2.45, 2.75) is 12.5 Å². The van der Waals surface area contributed by atoms with Crippen LogP contribution < -0.4 is 16.4 Å². The Morgan fingerprint density at radius 2 is 1.84 bits per heavy atom. The van der Waals surface area contributed by atoms with E-state index >= 15 is 0 Å². The first-order chi connectivity index (χ1) is 8.95. The van der Waals surface area contributed by atoms with Crippen molar-refractivity contribution in [3.63, 3.8) is 0 Å². The molecule has 0 radical (unpaired) electrons. The predicted octanol–water partition coefficient (Wildman–Crippen LogP) is -1.08. The Hall–Kier alpha value is -2.12. The number of aliphatic hydroxyl groups excluding tert-OH is 1. The van der Waals surface area contributed by atoms with Crippen LogP contribution in [0.4, 0.5) is 5.69 Å². The van der Waals surface area contributed by atoms with E-state index in [1.54, 1.807) is 0 Å². The molecule has 0 aliphatic rings. The Labute approximate surface area is 110 Å². The largest absolute Gasteiger partial charge is 0.508 e. The second kappa shape index (κ2) is 6.72. The third-order valence-corrected chi connectivity index (χ3v) is 2.49. The lowest BCUT2D eigenvalue weighted by Gasteiger charge is -2.24. The number of rotatable bonds is 6. The van der Waals surface area contributed by atoms with Gasteiger partial charge in [-0.05, 0) is 24.3 Å². The highest BCUT2D eigenvalue weighted by molar-refractivity contribution is 5.99. The topological polar surface area (TPSA) is 130 Å². The van der Waals surface area contributed by atoms with E-state index in [9.17, 15) is 14.7 Å². The Kier molecular flexibility index (Phi) is 5.28. The van der Waals surface area contributed by atoms with Crippen molar-refractivity contribution in [2.75, 3.05) is 18.1 Å². The molecule has 6 N–H and O–H groups in total. The monoisotopic (exact) mass is 267 g/mol. The molecule has 0 aliphatic heterocycles. The molecule has 0 aliphatic carbocycles. The van der Waals surface area contributed by atoms with E-state index in [0.717, 1.165) is 0 Å². The lowest BCUT2D eigenvalue weighted by Crippen LogP contribution is -2.46. The van der Waals surface area contributed by atoms with Crippen molar-refractivity contribution in [3.8, 4) is 5.75 Å². The fraction of sp³-hybridized carbons (Fsp3) is 0.333. The minimum Gasteiger partial charge on any atom is -0.508 e. The van der Waals surface area contributed by atoms with Gasteiger partial charge in [0.25, 0.3) is 0 Å². The number of amides is 2. The molecule has 1 aromatic carbocycles. The Balaban J connectivity index is 2.90. The van der Waals surface area contributed by atoms with Crippen LogP contribution in [0.1, 0.15) is 6.42 Å². The summed E-state index contributed by atoms with van der Waals surface area (Å²) in [5.74, 6) is -1.13. The van der Waals surface area contributed by atoms with Gasteiger partial charge in [-0.25, -0.2) is 0 Å². The van der Waals surface area contributed by atoms with Crippen LogP contribution in [-0.2, 0) is 9.59 Å². The van der Waals surface area contributed by atoms with E-state index in [-0.39, 0.29) is 25.3 Å². The molecule has 2 amide bonds. The molecule has 0 unspecified atom stereocenters. The SMILES string of the molecule is NC(=O)C[C@H](N)C(=O)N(CCO)c1ccc(O)cc1. The summed E-state index contributed by atoms with van der Waals surface area (Å²) >= 11 is 0. The normalized spacial score (nSPS) is 11.9. The summed E-state index contributed by atoms with van der Waals surface area (Å²) in [5, 5.41) is 18.2. The van der Waals surface area contributed by atoms with Crippen LogP contribution in [0, 0.1) is 0 Å². The molecule has 0 bridgehead atoms. The summed E-state index contributed by atoms with van der Waals surface area (Å²) in [5.41, 5.74) is 11.1. The second-order valence-electron chi connectivity index (χ2n) is 4.01. The number of aliphatic hydroxyl groups is 1. The van der Waals surface area contributed by atoms with E-state index in [1.807, 2.05) is 0 Å². The molecule has 1 aromatic rings. The van der Waals surface area contributed by atoms with Gasteiger partial charge in [0.1, 0.15) is 5.75 Å². The predicted molar refractivity (Wildman–Crippen MR) is 69.3 cm³/mol. The number of anilines is 1. The molecule has 0 spiro atoms. The zero-order chi connectivity index (χ0) is 14.4. The average molecular weight is 267 g/mol. The first-order valence-electron chi connectivity index (χ1n) is 5.71. The summed E-state index contributed by atoms with van der Waals surface area (Å²) in [7, 11) is 0. The molecular weight excluding hydrogens is 250 g/mol. The van der Waals surface area contributed by atoms with E-state index in [0.29, 0.717) is 5.69 Å². The molecule has 7 nitrogen and oxygen atoms in total. The number of aromatic hydroxyl groups is 1. The van der Waals surface area contributed by atoms with Crippen LogP contribution in [-0.4, -0.2) is 41.2 Å². The lowest BCUT2D eigenvalue weighted by molar-refractivity contribution is -0.124. The van der Waals surface area contributed by atoms with Crippen molar-refractivity contribution < 1.29 is 19.8 Å². The maximum Gasteiger partial charge on any atom is 0.244 e. The van der Waals surface area contributed by atoms with Gasteiger partial charge in [-0.3, -0.25) is 9.59 Å². The Bertz CT molecular complexity index is 447. The summed E-state index contributed by atoms with van der Waals surface area (Å²) in [6.07, 6.45) is -0.265. The van der Waals surface area contributed by atoms with Crippen molar-refractivity contribution in [1.82, 2.24) is 0 Å². The standard InChI is InChI=1S/C12H17N3O4/c13-10(7-11(14)18)12(19)15(5-6-16)8-1-3-9(17)4-2-8/h1-4,10,16-17H,5-7,13H2,(H2,14,18)/t10-/m0/s1. The zero-order valence-electron chi connectivity index (χ0n) is 10.3. The van der Waals surface area contributed by atoms with Gasteiger partial charge < -0.3 is 26.6 Å². The maximum absolute atomic E-state index is 12.1. The fourth-order valence-corrected chi connectivity index (χ4v) is 1.60. The number of nitrogens with two attached hydrogens (primary N) is 2. The highest BCUT2D eigenvalue weighted by atomic mass is 16.3. The van der Waals surface area contributed by atoms with Crippen LogP contribution >= 0.6 is 0 Å². The fourth-order valence-electron chi connectivity index (χ4n) is 1.60. The average Bonchev–Trinajstić information content (AvgIpc) is 2.35. The van der Waals surface area contributed by atoms with Gasteiger partial charge in [-0.1, -0.05) is 0 Å². The number of hydrogen-bond donors (Lipinski definition) is 4. The molecule has 0 saturated carbocycles. The van der Waals surface area contributed by atoms with Gasteiger partial charge in [-0.2, -0.15) is 0 Å². The van der Waals surface area contributed by atoms with Crippen LogP contribution in [0.3, 0.4) is 0 Å².